The molecule has 1 atom stereocenters. The number of carbonyl (C=O) groups excluding carboxylic acids is 2. The van der Waals surface area contributed by atoms with Gasteiger partial charge in [-0.2, -0.15) is 0 Å². The Morgan fingerprint density at radius 3 is 2.31 bits per heavy atom. The summed E-state index contributed by atoms with van der Waals surface area (Å²) in [5.41, 5.74) is 1.06. The van der Waals surface area contributed by atoms with Crippen molar-refractivity contribution in [3.63, 3.8) is 0 Å². The predicted octanol–water partition coefficient (Wildman–Crippen LogP) is 6.23. The summed E-state index contributed by atoms with van der Waals surface area (Å²) < 4.78 is 5.07. The number of ether oxygens (including phenoxy) is 1. The van der Waals surface area contributed by atoms with Crippen molar-refractivity contribution < 1.29 is 14.3 Å². The molecule has 5 nitrogen and oxygen atoms in total. The summed E-state index contributed by atoms with van der Waals surface area (Å²) in [6.07, 6.45) is 0.672. The van der Waals surface area contributed by atoms with Gasteiger partial charge in [-0.1, -0.05) is 36.2 Å². The number of rotatable bonds is 5. The maximum Gasteiger partial charge on any atom is 0.326 e. The molecule has 1 saturated carbocycles. The number of nitrogens with one attached hydrogen (secondary N) is 2. The lowest BCUT2D eigenvalue weighted by molar-refractivity contribution is 0.0967. The molecule has 0 aromatic heterocycles. The minimum atomic E-state index is -0.752. The van der Waals surface area contributed by atoms with E-state index in [9.17, 15) is 9.59 Å². The Balaban J connectivity index is 1.59. The largest absolute Gasteiger partial charge is 0.493 e. The number of halogens is 4. The lowest BCUT2D eigenvalue weighted by atomic mass is 10.1. The van der Waals surface area contributed by atoms with Gasteiger partial charge < -0.3 is 10.1 Å². The van der Waals surface area contributed by atoms with Gasteiger partial charge in [0.15, 0.2) is 0 Å². The Hall–Kier alpha value is -1.66. The predicted molar refractivity (Wildman–Crippen MR) is 117 cm³/mol. The molecule has 154 valence electrons. The van der Waals surface area contributed by atoms with Gasteiger partial charge in [0.1, 0.15) is 10.1 Å². The van der Waals surface area contributed by atoms with Crippen LogP contribution in [0.15, 0.2) is 36.4 Å². The van der Waals surface area contributed by atoms with Gasteiger partial charge in [0, 0.05) is 11.1 Å². The van der Waals surface area contributed by atoms with Crippen LogP contribution in [0, 0.1) is 12.3 Å². The first kappa shape index (κ1) is 22.0. The fourth-order valence-electron chi connectivity index (χ4n) is 2.77. The zero-order valence-corrected chi connectivity index (χ0v) is 18.6. The Morgan fingerprint density at radius 2 is 1.76 bits per heavy atom. The number of carbonyl (C=O) groups is 2. The van der Waals surface area contributed by atoms with E-state index < -0.39 is 16.3 Å². The van der Waals surface area contributed by atoms with Gasteiger partial charge in [-0.05, 0) is 49.2 Å². The van der Waals surface area contributed by atoms with Crippen molar-refractivity contribution in [1.82, 2.24) is 5.32 Å². The Kier molecular flexibility index (Phi) is 6.25. The van der Waals surface area contributed by atoms with Crippen LogP contribution < -0.4 is 15.4 Å². The van der Waals surface area contributed by atoms with E-state index in [1.165, 1.54) is 12.1 Å². The van der Waals surface area contributed by atoms with Crippen LogP contribution in [0.1, 0.15) is 29.3 Å². The molecule has 1 aliphatic rings. The molecular weight excluding hydrogens is 458 g/mol. The summed E-state index contributed by atoms with van der Waals surface area (Å²) in [7, 11) is 0. The first-order valence-corrected chi connectivity index (χ1v) is 10.2. The van der Waals surface area contributed by atoms with Crippen LogP contribution in [-0.4, -0.2) is 22.9 Å². The van der Waals surface area contributed by atoms with E-state index in [4.69, 9.17) is 51.1 Å². The molecule has 9 heteroatoms. The summed E-state index contributed by atoms with van der Waals surface area (Å²) in [6, 6.07) is 9.06. The van der Waals surface area contributed by atoms with Gasteiger partial charge >= 0.3 is 6.03 Å². The van der Waals surface area contributed by atoms with Gasteiger partial charge in [-0.3, -0.25) is 10.1 Å². The number of anilines is 1. The first-order chi connectivity index (χ1) is 13.5. The van der Waals surface area contributed by atoms with Crippen molar-refractivity contribution in [3.05, 3.63) is 57.6 Å². The number of imide groups is 1. The lowest BCUT2D eigenvalue weighted by Crippen LogP contribution is -2.34. The second-order valence-electron chi connectivity index (χ2n) is 7.22. The molecule has 3 amide bonds. The third-order valence-electron chi connectivity index (χ3n) is 4.77. The maximum atomic E-state index is 12.3. The van der Waals surface area contributed by atoms with Crippen LogP contribution in [0.3, 0.4) is 0 Å². The van der Waals surface area contributed by atoms with E-state index in [1.807, 2.05) is 13.8 Å². The minimum Gasteiger partial charge on any atom is -0.493 e. The van der Waals surface area contributed by atoms with E-state index in [0.29, 0.717) is 24.5 Å². The van der Waals surface area contributed by atoms with Crippen LogP contribution in [0.25, 0.3) is 0 Å². The second-order valence-corrected chi connectivity index (χ2v) is 9.51. The highest BCUT2D eigenvalue weighted by Crippen LogP contribution is 2.63. The zero-order chi connectivity index (χ0) is 21.4. The van der Waals surface area contributed by atoms with Crippen LogP contribution in [0.2, 0.25) is 10.0 Å². The third-order valence-corrected chi connectivity index (χ3v) is 6.58. The summed E-state index contributed by atoms with van der Waals surface area (Å²) in [6.45, 7) is 4.20. The molecule has 2 N–H and O–H groups in total. The number of alkyl halides is 2. The number of benzene rings is 2. The Morgan fingerprint density at radius 1 is 1.14 bits per heavy atom. The summed E-state index contributed by atoms with van der Waals surface area (Å²) in [5, 5.41) is 5.11. The van der Waals surface area contributed by atoms with Crippen LogP contribution in [0.4, 0.5) is 10.5 Å². The average molecular weight is 476 g/mol. The third kappa shape index (κ3) is 4.92. The minimum absolute atomic E-state index is 0.0362. The smallest absolute Gasteiger partial charge is 0.326 e. The number of hydrogen-bond acceptors (Lipinski definition) is 3. The number of aryl methyl sites for hydroxylation is 1. The molecule has 2 aromatic carbocycles. The SMILES string of the molecule is Cc1cc(NC(=O)NC(=O)c2c(Cl)cccc2Cl)ccc1OCC1(C)CC1(Cl)Cl. The molecule has 0 spiro atoms. The molecule has 29 heavy (non-hydrogen) atoms. The fraction of sp³-hybridized carbons (Fsp3) is 0.300. The highest BCUT2D eigenvalue weighted by atomic mass is 35.5. The van der Waals surface area contributed by atoms with Crippen molar-refractivity contribution in [3.8, 4) is 5.75 Å². The van der Waals surface area contributed by atoms with E-state index in [0.717, 1.165) is 5.56 Å². The molecule has 0 saturated heterocycles. The molecule has 0 bridgehead atoms. The topological polar surface area (TPSA) is 67.4 Å². The molecule has 2 aromatic rings. The van der Waals surface area contributed by atoms with E-state index in [1.54, 1.807) is 24.3 Å². The van der Waals surface area contributed by atoms with Gasteiger partial charge in [-0.15, -0.1) is 23.2 Å². The van der Waals surface area contributed by atoms with E-state index in [2.05, 4.69) is 10.6 Å². The van der Waals surface area contributed by atoms with Crippen molar-refractivity contribution in [1.29, 1.82) is 0 Å². The number of amides is 3. The number of hydrogen-bond donors (Lipinski definition) is 2. The molecule has 0 aliphatic heterocycles. The van der Waals surface area contributed by atoms with E-state index >= 15 is 0 Å². The van der Waals surface area contributed by atoms with Crippen LogP contribution >= 0.6 is 46.4 Å². The fourth-order valence-corrected chi connectivity index (χ4v) is 4.04. The van der Waals surface area contributed by atoms with Crippen molar-refractivity contribution in [2.45, 2.75) is 24.6 Å². The average Bonchev–Trinajstić information content (AvgIpc) is 3.11. The zero-order valence-electron chi connectivity index (χ0n) is 15.6. The summed E-state index contributed by atoms with van der Waals surface area (Å²) >= 11 is 24.2. The second kappa shape index (κ2) is 8.23. The molecule has 3 rings (SSSR count). The molecule has 1 aliphatic carbocycles. The van der Waals surface area contributed by atoms with Crippen molar-refractivity contribution in [2.24, 2.45) is 5.41 Å². The normalized spacial score (nSPS) is 19.4. The maximum absolute atomic E-state index is 12.3. The van der Waals surface area contributed by atoms with Crippen molar-refractivity contribution in [2.75, 3.05) is 11.9 Å². The number of urea groups is 1. The van der Waals surface area contributed by atoms with Crippen LogP contribution in [-0.2, 0) is 0 Å². The summed E-state index contributed by atoms with van der Waals surface area (Å²) in [5.74, 6) is -0.0368. The molecular formula is C20H18Cl4N2O3. The lowest BCUT2D eigenvalue weighted by Gasteiger charge is -2.16. The summed E-state index contributed by atoms with van der Waals surface area (Å²) in [4.78, 5) is 24.4. The van der Waals surface area contributed by atoms with Gasteiger partial charge in [0.25, 0.3) is 5.91 Å². The standard InChI is InChI=1S/C20H18Cl4N2O3/c1-11-8-12(6-7-15(11)29-10-19(2)9-20(19,23)24)25-18(28)26-17(27)16-13(21)4-3-5-14(16)22/h3-8H,9-10H2,1-2H3,(H2,25,26,27,28). The quantitative estimate of drug-likeness (QED) is 0.504. The monoisotopic (exact) mass is 474 g/mol. The van der Waals surface area contributed by atoms with Gasteiger partial charge in [-0.25, -0.2) is 4.79 Å². The van der Waals surface area contributed by atoms with Gasteiger partial charge in [0.05, 0.1) is 22.2 Å². The molecule has 1 unspecified atom stereocenters. The van der Waals surface area contributed by atoms with E-state index in [-0.39, 0.29) is 21.0 Å². The highest BCUT2D eigenvalue weighted by Gasteiger charge is 2.63. The molecule has 1 fully saturated rings. The Bertz CT molecular complexity index is 960. The molecule has 0 radical (unpaired) electrons. The van der Waals surface area contributed by atoms with Crippen molar-refractivity contribution >= 4 is 64.0 Å². The Labute approximate surface area is 188 Å². The molecule has 0 heterocycles. The first-order valence-electron chi connectivity index (χ1n) is 8.70. The highest BCUT2D eigenvalue weighted by molar-refractivity contribution is 6.51. The van der Waals surface area contributed by atoms with Gasteiger partial charge in [0.2, 0.25) is 0 Å². The van der Waals surface area contributed by atoms with Crippen LogP contribution in [0.5, 0.6) is 5.75 Å².